The van der Waals surface area contributed by atoms with Crippen LogP contribution >= 0.6 is 11.8 Å². The fourth-order valence-corrected chi connectivity index (χ4v) is 4.03. The predicted molar refractivity (Wildman–Crippen MR) is 119 cm³/mol. The number of aryl methyl sites for hydroxylation is 3. The fourth-order valence-electron chi connectivity index (χ4n) is 3.18. The molecule has 0 aliphatic rings. The van der Waals surface area contributed by atoms with Crippen LogP contribution in [0.4, 0.5) is 11.4 Å². The molecule has 0 bridgehead atoms. The maximum absolute atomic E-state index is 12.9. The van der Waals surface area contributed by atoms with E-state index in [9.17, 15) is 14.9 Å². The van der Waals surface area contributed by atoms with Crippen molar-refractivity contribution in [3.63, 3.8) is 0 Å². The van der Waals surface area contributed by atoms with Crippen LogP contribution in [-0.2, 0) is 7.05 Å². The molecule has 2 heterocycles. The predicted octanol–water partition coefficient (Wildman–Crippen LogP) is 3.93. The van der Waals surface area contributed by atoms with Crippen LogP contribution in [0.3, 0.4) is 0 Å². The fraction of sp³-hybridized carbons (Fsp3) is 0.143. The Morgan fingerprint density at radius 3 is 2.59 bits per heavy atom. The van der Waals surface area contributed by atoms with Crippen LogP contribution in [0.2, 0.25) is 0 Å². The summed E-state index contributed by atoms with van der Waals surface area (Å²) in [4.78, 5) is 24.5. The van der Waals surface area contributed by atoms with Crippen LogP contribution in [0.5, 0.6) is 0 Å². The lowest BCUT2D eigenvalue weighted by molar-refractivity contribution is -0.387. The van der Waals surface area contributed by atoms with Crippen molar-refractivity contribution < 1.29 is 9.72 Å². The van der Waals surface area contributed by atoms with Gasteiger partial charge in [0, 0.05) is 24.4 Å². The maximum atomic E-state index is 12.9. The van der Waals surface area contributed by atoms with E-state index in [2.05, 4.69) is 20.6 Å². The number of nitrogens with zero attached hydrogens (tertiary/aromatic N) is 6. The van der Waals surface area contributed by atoms with Crippen LogP contribution in [-0.4, -0.2) is 35.4 Å². The Labute approximate surface area is 187 Å². The zero-order valence-corrected chi connectivity index (χ0v) is 18.3. The van der Waals surface area contributed by atoms with Gasteiger partial charge in [-0.05, 0) is 55.9 Å². The summed E-state index contributed by atoms with van der Waals surface area (Å²) in [5.74, 6) is -0.461. The van der Waals surface area contributed by atoms with Crippen LogP contribution in [0.1, 0.15) is 21.7 Å². The van der Waals surface area contributed by atoms with E-state index < -0.39 is 10.8 Å². The number of hydrogen-bond acceptors (Lipinski definition) is 7. The van der Waals surface area contributed by atoms with Crippen molar-refractivity contribution in [2.24, 2.45) is 7.05 Å². The molecule has 0 fully saturated rings. The van der Waals surface area contributed by atoms with Gasteiger partial charge in [0.05, 0.1) is 26.9 Å². The van der Waals surface area contributed by atoms with E-state index >= 15 is 0 Å². The monoisotopic (exact) mass is 449 g/mol. The molecule has 1 N–H and O–H groups in total. The van der Waals surface area contributed by atoms with Crippen molar-refractivity contribution in [3.8, 4) is 5.69 Å². The number of nitro benzene ring substituents is 1. The highest BCUT2D eigenvalue weighted by Crippen LogP contribution is 2.34. The summed E-state index contributed by atoms with van der Waals surface area (Å²) in [5.41, 5.74) is 3.01. The van der Waals surface area contributed by atoms with Gasteiger partial charge in [0.15, 0.2) is 5.16 Å². The Morgan fingerprint density at radius 1 is 1.16 bits per heavy atom. The normalized spacial score (nSPS) is 10.8. The number of anilines is 1. The van der Waals surface area contributed by atoms with Gasteiger partial charge in [-0.25, -0.2) is 4.68 Å². The van der Waals surface area contributed by atoms with E-state index in [4.69, 9.17) is 0 Å². The minimum Gasteiger partial charge on any atom is -0.320 e. The van der Waals surface area contributed by atoms with E-state index in [1.54, 1.807) is 40.6 Å². The third-order valence-corrected chi connectivity index (χ3v) is 5.80. The third-order valence-electron chi connectivity index (χ3n) is 4.68. The second-order valence-electron chi connectivity index (χ2n) is 7.08. The first-order chi connectivity index (χ1) is 15.3. The number of nitrogens with one attached hydrogen (secondary N) is 1. The lowest BCUT2D eigenvalue weighted by Gasteiger charge is -2.13. The quantitative estimate of drug-likeness (QED) is 0.350. The standard InChI is InChI=1S/C21H19N7O3S/c1-13-10-14(2)27(25-13)17-7-5-4-6-16(17)23-20(29)15-8-9-19(18(11-15)28(30)31)32-21-24-22-12-26(21)3/h4-12H,1-3H3,(H,23,29). The first-order valence-electron chi connectivity index (χ1n) is 9.58. The number of para-hydroxylation sites is 2. The van der Waals surface area contributed by atoms with Crippen molar-refractivity contribution in [2.45, 2.75) is 23.9 Å². The summed E-state index contributed by atoms with van der Waals surface area (Å²) in [6.07, 6.45) is 1.51. The highest BCUT2D eigenvalue weighted by molar-refractivity contribution is 7.99. The van der Waals surface area contributed by atoms with E-state index in [1.807, 2.05) is 32.0 Å². The van der Waals surface area contributed by atoms with Gasteiger partial charge in [-0.3, -0.25) is 14.9 Å². The summed E-state index contributed by atoms with van der Waals surface area (Å²) in [5, 5.41) is 27.2. The SMILES string of the molecule is Cc1cc(C)n(-c2ccccc2NC(=O)c2ccc(Sc3nncn3C)c([N+](=O)[O-])c2)n1. The zero-order valence-electron chi connectivity index (χ0n) is 17.5. The smallest absolute Gasteiger partial charge is 0.284 e. The Balaban J connectivity index is 1.63. The van der Waals surface area contributed by atoms with E-state index in [0.717, 1.165) is 23.1 Å². The van der Waals surface area contributed by atoms with Crippen molar-refractivity contribution in [1.29, 1.82) is 0 Å². The van der Waals surface area contributed by atoms with Crippen molar-refractivity contribution in [2.75, 3.05) is 5.32 Å². The number of nitro groups is 1. The molecule has 0 saturated heterocycles. The van der Waals surface area contributed by atoms with Gasteiger partial charge in [0.1, 0.15) is 6.33 Å². The summed E-state index contributed by atoms with van der Waals surface area (Å²) < 4.78 is 3.40. The first kappa shape index (κ1) is 21.2. The molecule has 10 nitrogen and oxygen atoms in total. The van der Waals surface area contributed by atoms with E-state index in [0.29, 0.717) is 21.4 Å². The molecular formula is C21H19N7O3S. The number of aromatic nitrogens is 5. The molecule has 2 aromatic heterocycles. The molecule has 32 heavy (non-hydrogen) atoms. The van der Waals surface area contributed by atoms with Crippen molar-refractivity contribution >= 4 is 29.0 Å². The number of carbonyl (C=O) groups is 1. The molecule has 0 atom stereocenters. The van der Waals surface area contributed by atoms with Crippen molar-refractivity contribution in [3.05, 3.63) is 81.9 Å². The molecule has 1 amide bonds. The lowest BCUT2D eigenvalue weighted by Crippen LogP contribution is -2.15. The summed E-state index contributed by atoms with van der Waals surface area (Å²) >= 11 is 1.11. The second-order valence-corrected chi connectivity index (χ2v) is 8.09. The molecule has 162 valence electrons. The number of carbonyl (C=O) groups excluding carboxylic acids is 1. The van der Waals surface area contributed by atoms with Gasteiger partial charge in [-0.15, -0.1) is 10.2 Å². The van der Waals surface area contributed by atoms with Crippen LogP contribution in [0.15, 0.2) is 64.9 Å². The molecule has 0 aliphatic carbocycles. The second kappa shape index (κ2) is 8.63. The summed E-state index contributed by atoms with van der Waals surface area (Å²) in [6.45, 7) is 3.82. The average molecular weight is 449 g/mol. The minimum atomic E-state index is -0.515. The largest absolute Gasteiger partial charge is 0.320 e. The number of hydrogen-bond donors (Lipinski definition) is 1. The van der Waals surface area contributed by atoms with Gasteiger partial charge in [0.2, 0.25) is 0 Å². The Kier molecular flexibility index (Phi) is 5.73. The Morgan fingerprint density at radius 2 is 1.94 bits per heavy atom. The average Bonchev–Trinajstić information content (AvgIpc) is 3.32. The maximum Gasteiger partial charge on any atom is 0.284 e. The number of rotatable bonds is 6. The van der Waals surface area contributed by atoms with Gasteiger partial charge < -0.3 is 9.88 Å². The van der Waals surface area contributed by atoms with Gasteiger partial charge in [0.25, 0.3) is 11.6 Å². The third kappa shape index (κ3) is 4.23. The summed E-state index contributed by atoms with van der Waals surface area (Å²) in [6, 6.07) is 13.6. The molecule has 0 spiro atoms. The van der Waals surface area contributed by atoms with Gasteiger partial charge in [-0.1, -0.05) is 12.1 Å². The molecule has 0 unspecified atom stereocenters. The van der Waals surface area contributed by atoms with E-state index in [-0.39, 0.29) is 11.3 Å². The highest BCUT2D eigenvalue weighted by atomic mass is 32.2. The van der Waals surface area contributed by atoms with Crippen LogP contribution in [0, 0.1) is 24.0 Å². The topological polar surface area (TPSA) is 121 Å². The van der Waals surface area contributed by atoms with Crippen molar-refractivity contribution in [1.82, 2.24) is 24.5 Å². The first-order valence-corrected chi connectivity index (χ1v) is 10.4. The highest BCUT2D eigenvalue weighted by Gasteiger charge is 2.21. The minimum absolute atomic E-state index is 0.169. The summed E-state index contributed by atoms with van der Waals surface area (Å²) in [7, 11) is 1.75. The molecule has 0 radical (unpaired) electrons. The van der Waals surface area contributed by atoms with Crippen LogP contribution in [0.25, 0.3) is 5.69 Å². The number of amides is 1. The molecule has 4 aromatic rings. The number of benzene rings is 2. The lowest BCUT2D eigenvalue weighted by atomic mass is 10.1. The molecule has 0 aliphatic heterocycles. The van der Waals surface area contributed by atoms with Gasteiger partial charge in [-0.2, -0.15) is 5.10 Å². The molecule has 4 rings (SSSR count). The zero-order chi connectivity index (χ0) is 22.8. The Hall–Kier alpha value is -3.99. The van der Waals surface area contributed by atoms with Gasteiger partial charge >= 0.3 is 0 Å². The molecule has 11 heteroatoms. The van der Waals surface area contributed by atoms with Crippen LogP contribution < -0.4 is 5.32 Å². The van der Waals surface area contributed by atoms with E-state index in [1.165, 1.54) is 12.4 Å². The Bertz CT molecular complexity index is 1330. The molecule has 2 aromatic carbocycles. The molecule has 0 saturated carbocycles. The molecular weight excluding hydrogens is 430 g/mol.